The topological polar surface area (TPSA) is 64.4 Å². The highest BCUT2D eigenvalue weighted by Gasteiger charge is 2.37. The summed E-state index contributed by atoms with van der Waals surface area (Å²) in [4.78, 5) is 4.09. The van der Waals surface area contributed by atoms with Crippen LogP contribution in [0.25, 0.3) is 11.3 Å². The highest BCUT2D eigenvalue weighted by atomic mass is 32.5. The van der Waals surface area contributed by atoms with Crippen molar-refractivity contribution in [2.75, 3.05) is 13.2 Å². The van der Waals surface area contributed by atoms with E-state index in [1.807, 2.05) is 0 Å². The van der Waals surface area contributed by atoms with E-state index in [4.69, 9.17) is 25.4 Å². The standard InChI is InChI=1S/C17H16F3N2O3PS/c1-3-23-26(27,24-4-2)25-16-13(11-21)14(17(18,19)20)10-15(22-16)12-8-6-5-7-9-12/h5-10H,3-4H2,1-2H3. The summed E-state index contributed by atoms with van der Waals surface area (Å²) in [6.45, 7) is 0.130. The second kappa shape index (κ2) is 8.81. The molecule has 0 aliphatic carbocycles. The first-order valence-corrected chi connectivity index (χ1v) is 10.5. The number of pyridine rings is 1. The molecule has 0 bridgehead atoms. The Balaban J connectivity index is 2.67. The number of hydrogen-bond donors (Lipinski definition) is 0. The van der Waals surface area contributed by atoms with Crippen molar-refractivity contribution in [3.8, 4) is 23.2 Å². The molecule has 10 heteroatoms. The molecule has 0 aliphatic heterocycles. The predicted molar refractivity (Wildman–Crippen MR) is 97.6 cm³/mol. The molecule has 1 aromatic heterocycles. The maximum atomic E-state index is 13.5. The zero-order valence-electron chi connectivity index (χ0n) is 14.5. The molecule has 0 saturated heterocycles. The predicted octanol–water partition coefficient (Wildman–Crippen LogP) is 5.32. The number of aromatic nitrogens is 1. The largest absolute Gasteiger partial charge is 0.417 e. The van der Waals surface area contributed by atoms with Gasteiger partial charge in [0.05, 0.1) is 24.5 Å². The van der Waals surface area contributed by atoms with E-state index in [0.717, 1.165) is 6.07 Å². The average molecular weight is 416 g/mol. The van der Waals surface area contributed by atoms with Gasteiger partial charge in [0.25, 0.3) is 0 Å². The number of alkyl halides is 3. The van der Waals surface area contributed by atoms with Gasteiger partial charge >= 0.3 is 12.9 Å². The van der Waals surface area contributed by atoms with Gasteiger partial charge in [-0.05, 0) is 19.9 Å². The van der Waals surface area contributed by atoms with Crippen molar-refractivity contribution in [1.82, 2.24) is 4.98 Å². The van der Waals surface area contributed by atoms with Crippen molar-refractivity contribution in [3.63, 3.8) is 0 Å². The molecular formula is C17H16F3N2O3PS. The average Bonchev–Trinajstić information content (AvgIpc) is 2.61. The van der Waals surface area contributed by atoms with E-state index in [1.54, 1.807) is 44.2 Å². The molecule has 1 aromatic carbocycles. The zero-order valence-corrected chi connectivity index (χ0v) is 16.2. The molecule has 0 radical (unpaired) electrons. The third-order valence-electron chi connectivity index (χ3n) is 3.25. The van der Waals surface area contributed by atoms with Crippen molar-refractivity contribution in [2.24, 2.45) is 0 Å². The van der Waals surface area contributed by atoms with E-state index in [2.05, 4.69) is 4.98 Å². The fraction of sp³-hybridized carbons (Fsp3) is 0.294. The van der Waals surface area contributed by atoms with Gasteiger partial charge in [-0.25, -0.2) is 4.98 Å². The van der Waals surface area contributed by atoms with Crippen LogP contribution < -0.4 is 4.52 Å². The van der Waals surface area contributed by atoms with E-state index in [0.29, 0.717) is 5.56 Å². The summed E-state index contributed by atoms with van der Waals surface area (Å²) < 4.78 is 56.6. The fourth-order valence-corrected chi connectivity index (χ4v) is 4.19. The lowest BCUT2D eigenvalue weighted by Crippen LogP contribution is -2.12. The highest BCUT2D eigenvalue weighted by molar-refractivity contribution is 8.07. The lowest BCUT2D eigenvalue weighted by molar-refractivity contribution is -0.137. The third kappa shape index (κ3) is 5.27. The van der Waals surface area contributed by atoms with Crippen molar-refractivity contribution in [2.45, 2.75) is 20.0 Å². The molecule has 0 N–H and O–H groups in total. The minimum atomic E-state index is -4.78. The molecule has 0 spiro atoms. The molecule has 5 nitrogen and oxygen atoms in total. The minimum Gasteiger partial charge on any atom is -0.404 e. The highest BCUT2D eigenvalue weighted by Crippen LogP contribution is 2.51. The first-order chi connectivity index (χ1) is 12.7. The molecule has 2 aromatic rings. The van der Waals surface area contributed by atoms with Crippen LogP contribution in [0.1, 0.15) is 25.0 Å². The van der Waals surface area contributed by atoms with E-state index < -0.39 is 29.9 Å². The van der Waals surface area contributed by atoms with Crippen LogP contribution in [0.5, 0.6) is 5.88 Å². The second-order valence-corrected chi connectivity index (χ2v) is 8.02. The molecular weight excluding hydrogens is 400 g/mol. The van der Waals surface area contributed by atoms with Crippen LogP contribution in [0.2, 0.25) is 0 Å². The van der Waals surface area contributed by atoms with Crippen LogP contribution in [0.3, 0.4) is 0 Å². The van der Waals surface area contributed by atoms with Gasteiger partial charge < -0.3 is 4.52 Å². The summed E-state index contributed by atoms with van der Waals surface area (Å²) in [5.74, 6) is -0.559. The van der Waals surface area contributed by atoms with Crippen molar-refractivity contribution < 1.29 is 26.7 Å². The Kier molecular flexibility index (Phi) is 6.95. The minimum absolute atomic E-state index is 0.00790. The molecule has 0 unspecified atom stereocenters. The van der Waals surface area contributed by atoms with Gasteiger partial charge in [0.2, 0.25) is 5.88 Å². The number of rotatable bonds is 7. The van der Waals surface area contributed by atoms with Crippen LogP contribution in [0, 0.1) is 11.3 Å². The van der Waals surface area contributed by atoms with E-state index in [9.17, 15) is 18.4 Å². The molecule has 0 atom stereocenters. The molecule has 0 fully saturated rings. The summed E-state index contributed by atoms with van der Waals surface area (Å²) in [5.41, 5.74) is -1.51. The molecule has 27 heavy (non-hydrogen) atoms. The summed E-state index contributed by atoms with van der Waals surface area (Å²) >= 11 is 5.20. The zero-order chi connectivity index (χ0) is 20.1. The summed E-state index contributed by atoms with van der Waals surface area (Å²) in [5, 5.41) is 9.31. The Bertz CT molecular complexity index is 875. The van der Waals surface area contributed by atoms with Gasteiger partial charge in [-0.2, -0.15) is 18.4 Å². The molecule has 0 aliphatic rings. The van der Waals surface area contributed by atoms with Crippen LogP contribution in [-0.2, 0) is 27.0 Å². The van der Waals surface area contributed by atoms with Gasteiger partial charge in [-0.15, -0.1) is 0 Å². The number of nitrogens with zero attached hydrogens (tertiary/aromatic N) is 2. The Morgan fingerprint density at radius 3 is 2.22 bits per heavy atom. The van der Waals surface area contributed by atoms with Crippen LogP contribution >= 0.6 is 6.72 Å². The quantitative estimate of drug-likeness (QED) is 0.570. The summed E-state index contributed by atoms with van der Waals surface area (Å²) in [6, 6.07) is 10.6. The molecule has 0 amide bonds. The second-order valence-electron chi connectivity index (χ2n) is 5.08. The normalized spacial score (nSPS) is 11.9. The van der Waals surface area contributed by atoms with Gasteiger partial charge in [0.15, 0.2) is 0 Å². The monoisotopic (exact) mass is 416 g/mol. The number of halogens is 3. The number of nitriles is 1. The van der Waals surface area contributed by atoms with E-state index in [-0.39, 0.29) is 18.9 Å². The van der Waals surface area contributed by atoms with Crippen LogP contribution in [-0.4, -0.2) is 18.2 Å². The first-order valence-electron chi connectivity index (χ1n) is 7.90. The fourth-order valence-electron chi connectivity index (χ4n) is 2.19. The Morgan fingerprint density at radius 2 is 1.74 bits per heavy atom. The molecule has 0 saturated carbocycles. The lowest BCUT2D eigenvalue weighted by Gasteiger charge is -2.22. The third-order valence-corrected chi connectivity index (χ3v) is 5.65. The SMILES string of the molecule is CCOP(=S)(OCC)Oc1nc(-c2ccccc2)cc(C(F)(F)F)c1C#N. The van der Waals surface area contributed by atoms with Crippen molar-refractivity contribution in [3.05, 3.63) is 47.5 Å². The lowest BCUT2D eigenvalue weighted by atomic mass is 10.0. The number of hydrogen-bond acceptors (Lipinski definition) is 6. The van der Waals surface area contributed by atoms with E-state index >= 15 is 0 Å². The summed E-state index contributed by atoms with van der Waals surface area (Å²) in [7, 11) is 0. The van der Waals surface area contributed by atoms with Gasteiger partial charge in [-0.1, -0.05) is 30.3 Å². The first kappa shape index (κ1) is 21.3. The maximum absolute atomic E-state index is 13.5. The Morgan fingerprint density at radius 1 is 1.15 bits per heavy atom. The van der Waals surface area contributed by atoms with Crippen LogP contribution in [0.15, 0.2) is 36.4 Å². The summed E-state index contributed by atoms with van der Waals surface area (Å²) in [6.07, 6.45) is -4.78. The van der Waals surface area contributed by atoms with Crippen LogP contribution in [0.4, 0.5) is 13.2 Å². The molecule has 1 heterocycles. The number of benzene rings is 1. The van der Waals surface area contributed by atoms with Crippen molar-refractivity contribution >= 4 is 18.5 Å². The Labute approximate surface area is 160 Å². The molecule has 144 valence electrons. The Hall–Kier alpha value is -1.98. The van der Waals surface area contributed by atoms with Gasteiger partial charge in [0, 0.05) is 17.4 Å². The van der Waals surface area contributed by atoms with E-state index in [1.165, 1.54) is 6.07 Å². The van der Waals surface area contributed by atoms with Gasteiger partial charge in [0.1, 0.15) is 11.6 Å². The van der Waals surface area contributed by atoms with Gasteiger partial charge in [-0.3, -0.25) is 9.05 Å². The van der Waals surface area contributed by atoms with Crippen molar-refractivity contribution in [1.29, 1.82) is 5.26 Å². The smallest absolute Gasteiger partial charge is 0.404 e. The maximum Gasteiger partial charge on any atom is 0.417 e. The molecule has 2 rings (SSSR count).